The van der Waals surface area contributed by atoms with Gasteiger partial charge in [0.05, 0.1) is 50.7 Å². The normalized spacial score (nSPS) is 13.2. The van der Waals surface area contributed by atoms with Crippen LogP contribution in [0.1, 0.15) is 52.6 Å². The lowest BCUT2D eigenvalue weighted by molar-refractivity contribution is 0.0640. The van der Waals surface area contributed by atoms with E-state index in [1.807, 2.05) is 24.3 Å². The minimum Gasteiger partial charge on any atom is -0.493 e. The minimum atomic E-state index is -0.243. The largest absolute Gasteiger partial charge is 0.493 e. The van der Waals surface area contributed by atoms with Crippen LogP contribution in [0.5, 0.6) is 23.0 Å². The van der Waals surface area contributed by atoms with Crippen LogP contribution in [0.4, 0.5) is 0 Å². The van der Waals surface area contributed by atoms with Crippen molar-refractivity contribution in [3.05, 3.63) is 115 Å². The van der Waals surface area contributed by atoms with E-state index in [2.05, 4.69) is 31.9 Å². The number of imide groups is 2. The van der Waals surface area contributed by atoms with E-state index >= 15 is 0 Å². The van der Waals surface area contributed by atoms with Crippen LogP contribution in [0.2, 0.25) is 0 Å². The Morgan fingerprint density at radius 2 is 0.750 bits per heavy atom. The van der Waals surface area contributed by atoms with Crippen molar-refractivity contribution >= 4 is 55.5 Å². The summed E-state index contributed by atoms with van der Waals surface area (Å²) in [5.41, 5.74) is 3.74. The third-order valence-electron chi connectivity index (χ3n) is 8.07. The van der Waals surface area contributed by atoms with Crippen molar-refractivity contribution in [3.8, 4) is 23.0 Å². The summed E-state index contributed by atoms with van der Waals surface area (Å²) < 4.78 is 22.8. The quantitative estimate of drug-likeness (QED) is 0.166. The molecular formula is C36H32Br2N2O8. The van der Waals surface area contributed by atoms with Crippen LogP contribution in [0.15, 0.2) is 81.7 Å². The highest BCUT2D eigenvalue weighted by Crippen LogP contribution is 2.35. The van der Waals surface area contributed by atoms with Crippen molar-refractivity contribution in [1.82, 2.24) is 9.80 Å². The van der Waals surface area contributed by atoms with E-state index in [1.54, 1.807) is 77.0 Å². The number of carbonyl (C=O) groups is 4. The lowest BCUT2D eigenvalue weighted by Gasteiger charge is -2.16. The van der Waals surface area contributed by atoms with E-state index in [-0.39, 0.29) is 23.6 Å². The van der Waals surface area contributed by atoms with Crippen molar-refractivity contribution in [2.75, 3.05) is 41.5 Å². The Labute approximate surface area is 294 Å². The monoisotopic (exact) mass is 778 g/mol. The highest BCUT2D eigenvalue weighted by atomic mass is 79.9. The fourth-order valence-electron chi connectivity index (χ4n) is 5.52. The Morgan fingerprint density at radius 1 is 0.479 bits per heavy atom. The van der Waals surface area contributed by atoms with Gasteiger partial charge in [-0.2, -0.15) is 0 Å². The summed E-state index contributed by atoms with van der Waals surface area (Å²) in [4.78, 5) is 52.1. The second-order valence-corrected chi connectivity index (χ2v) is 12.4. The zero-order valence-electron chi connectivity index (χ0n) is 26.7. The number of rotatable bonds is 10. The summed E-state index contributed by atoms with van der Waals surface area (Å²) in [5, 5.41) is 0. The van der Waals surface area contributed by atoms with E-state index in [1.165, 1.54) is 9.80 Å². The van der Waals surface area contributed by atoms with Gasteiger partial charge in [-0.15, -0.1) is 0 Å². The number of methoxy groups -OCH3 is 4. The molecule has 4 aromatic carbocycles. The molecule has 4 amide bonds. The van der Waals surface area contributed by atoms with Crippen molar-refractivity contribution < 1.29 is 38.1 Å². The molecule has 0 radical (unpaired) electrons. The van der Waals surface area contributed by atoms with Crippen LogP contribution in [0.25, 0.3) is 0 Å². The molecule has 2 aliphatic rings. The molecule has 0 aromatic heterocycles. The van der Waals surface area contributed by atoms with Gasteiger partial charge >= 0.3 is 0 Å². The molecule has 0 spiro atoms. The van der Waals surface area contributed by atoms with Gasteiger partial charge in [0.15, 0.2) is 23.0 Å². The molecule has 2 heterocycles. The minimum absolute atomic E-state index is 0.243. The van der Waals surface area contributed by atoms with Crippen molar-refractivity contribution in [2.24, 2.45) is 0 Å². The summed E-state index contributed by atoms with van der Waals surface area (Å²) in [6.07, 6.45) is 1.04. The first-order valence-corrected chi connectivity index (χ1v) is 16.4. The summed E-state index contributed by atoms with van der Waals surface area (Å²) in [6, 6.07) is 21.1. The zero-order chi connectivity index (χ0) is 34.5. The SMILES string of the molecule is COc1cc(Br)c(CCN2C(=O)c3ccccc3C2=O)cc1OC.COc1cc(Br)c(CCN2C(=O)c3ccccc3C2=O)cc1OC. The van der Waals surface area contributed by atoms with Crippen molar-refractivity contribution in [2.45, 2.75) is 12.8 Å². The van der Waals surface area contributed by atoms with E-state index in [0.29, 0.717) is 71.2 Å². The van der Waals surface area contributed by atoms with Crippen LogP contribution in [-0.4, -0.2) is 75.0 Å². The van der Waals surface area contributed by atoms with Crippen LogP contribution in [0, 0.1) is 0 Å². The fraction of sp³-hybridized carbons (Fsp3) is 0.222. The Balaban J connectivity index is 0.000000188. The Bertz CT molecular complexity index is 1700. The molecular weight excluding hydrogens is 748 g/mol. The van der Waals surface area contributed by atoms with Gasteiger partial charge in [-0.05, 0) is 72.5 Å². The molecule has 0 atom stereocenters. The van der Waals surface area contributed by atoms with E-state index in [0.717, 1.165) is 20.1 Å². The summed E-state index contributed by atoms with van der Waals surface area (Å²) in [6.45, 7) is 0.612. The molecule has 0 saturated heterocycles. The number of benzene rings is 4. The molecule has 0 aliphatic carbocycles. The molecule has 6 rings (SSSR count). The molecule has 4 aromatic rings. The number of carbonyl (C=O) groups excluding carboxylic acids is 4. The smallest absolute Gasteiger partial charge is 0.261 e. The molecule has 0 fully saturated rings. The number of amides is 4. The van der Waals surface area contributed by atoms with Gasteiger partial charge in [-0.3, -0.25) is 29.0 Å². The third kappa shape index (κ3) is 6.81. The molecule has 0 N–H and O–H groups in total. The Kier molecular flexibility index (Phi) is 10.9. The molecule has 2 aliphatic heterocycles. The summed E-state index contributed by atoms with van der Waals surface area (Å²) in [5.74, 6) is 1.48. The average molecular weight is 780 g/mol. The Morgan fingerprint density at radius 3 is 1.02 bits per heavy atom. The van der Waals surface area contributed by atoms with Crippen molar-refractivity contribution in [1.29, 1.82) is 0 Å². The van der Waals surface area contributed by atoms with E-state index in [4.69, 9.17) is 18.9 Å². The highest BCUT2D eigenvalue weighted by Gasteiger charge is 2.36. The van der Waals surface area contributed by atoms with Crippen molar-refractivity contribution in [3.63, 3.8) is 0 Å². The van der Waals surface area contributed by atoms with Gasteiger partial charge in [0.25, 0.3) is 23.6 Å². The first-order chi connectivity index (χ1) is 23.1. The maximum absolute atomic E-state index is 12.4. The number of fused-ring (bicyclic) bond motifs is 2. The maximum atomic E-state index is 12.4. The van der Waals surface area contributed by atoms with Gasteiger partial charge in [0, 0.05) is 22.0 Å². The van der Waals surface area contributed by atoms with Gasteiger partial charge in [0.2, 0.25) is 0 Å². The molecule has 48 heavy (non-hydrogen) atoms. The molecule has 0 bridgehead atoms. The van der Waals surface area contributed by atoms with Crippen LogP contribution < -0.4 is 18.9 Å². The predicted molar refractivity (Wildman–Crippen MR) is 186 cm³/mol. The average Bonchev–Trinajstić information content (AvgIpc) is 3.50. The second-order valence-electron chi connectivity index (χ2n) is 10.7. The lowest BCUT2D eigenvalue weighted by Crippen LogP contribution is -2.31. The fourth-order valence-corrected chi connectivity index (χ4v) is 6.57. The molecule has 0 unspecified atom stereocenters. The Hall–Kier alpha value is -4.68. The summed E-state index contributed by atoms with van der Waals surface area (Å²) >= 11 is 6.99. The second kappa shape index (κ2) is 15.0. The van der Waals surface area contributed by atoms with Gasteiger partial charge < -0.3 is 18.9 Å². The predicted octanol–water partition coefficient (Wildman–Crippen LogP) is 6.61. The van der Waals surface area contributed by atoms with Gasteiger partial charge in [-0.25, -0.2) is 0 Å². The molecule has 248 valence electrons. The molecule has 12 heteroatoms. The lowest BCUT2D eigenvalue weighted by atomic mass is 10.1. The first-order valence-electron chi connectivity index (χ1n) is 14.8. The number of ether oxygens (including phenoxy) is 4. The number of halogens is 2. The van der Waals surface area contributed by atoms with Crippen LogP contribution in [-0.2, 0) is 12.8 Å². The molecule has 10 nitrogen and oxygen atoms in total. The number of hydrogen-bond donors (Lipinski definition) is 0. The van der Waals surface area contributed by atoms with Gasteiger partial charge in [0.1, 0.15) is 0 Å². The first kappa shape index (κ1) is 34.6. The number of hydrogen-bond acceptors (Lipinski definition) is 8. The number of nitrogens with zero attached hydrogens (tertiary/aromatic N) is 2. The zero-order valence-corrected chi connectivity index (χ0v) is 29.8. The summed E-state index contributed by atoms with van der Waals surface area (Å²) in [7, 11) is 6.28. The highest BCUT2D eigenvalue weighted by molar-refractivity contribution is 9.10. The molecule has 0 saturated carbocycles. The third-order valence-corrected chi connectivity index (χ3v) is 9.55. The van der Waals surface area contributed by atoms with E-state index < -0.39 is 0 Å². The van der Waals surface area contributed by atoms with Gasteiger partial charge in [-0.1, -0.05) is 56.1 Å². The topological polar surface area (TPSA) is 112 Å². The van der Waals surface area contributed by atoms with Crippen LogP contribution in [0.3, 0.4) is 0 Å². The van der Waals surface area contributed by atoms with Crippen LogP contribution >= 0.6 is 31.9 Å². The van der Waals surface area contributed by atoms with E-state index in [9.17, 15) is 19.2 Å². The maximum Gasteiger partial charge on any atom is 0.261 e. The standard InChI is InChI=1S/2C18H16BrNO4/c2*1-23-15-9-11(14(19)10-16(15)24-2)7-8-20-17(21)12-5-3-4-6-13(12)18(20)22/h2*3-6,9-10H,7-8H2,1-2H3.